The number of amides is 1. The van der Waals surface area contributed by atoms with Gasteiger partial charge in [0, 0.05) is 12.7 Å². The number of nitrogens with zero attached hydrogens (tertiary/aromatic N) is 3. The summed E-state index contributed by atoms with van der Waals surface area (Å²) in [6.45, 7) is 2.36. The second kappa shape index (κ2) is 8.04. The zero-order chi connectivity index (χ0) is 18.4. The zero-order valence-corrected chi connectivity index (χ0v) is 13.9. The van der Waals surface area contributed by atoms with Crippen LogP contribution in [-0.4, -0.2) is 33.2 Å². The number of carbonyl (C=O) groups is 2. The smallest absolute Gasteiger partial charge is 0.338 e. The normalized spacial score (nSPS) is 10.3. The number of esters is 1. The van der Waals surface area contributed by atoms with Gasteiger partial charge in [-0.15, -0.1) is 0 Å². The van der Waals surface area contributed by atoms with Crippen molar-refractivity contribution in [1.82, 2.24) is 9.78 Å². The molecule has 0 saturated carbocycles. The van der Waals surface area contributed by atoms with Crippen LogP contribution in [0.2, 0.25) is 0 Å². The third-order valence-corrected chi connectivity index (χ3v) is 3.44. The van der Waals surface area contributed by atoms with E-state index in [1.165, 1.54) is 31.3 Å². The minimum atomic E-state index is -0.669. The molecular weight excluding hydrogens is 328 g/mol. The van der Waals surface area contributed by atoms with Crippen molar-refractivity contribution in [2.45, 2.75) is 19.8 Å². The lowest BCUT2D eigenvalue weighted by atomic mass is 10.2. The Bertz CT molecular complexity index is 782. The summed E-state index contributed by atoms with van der Waals surface area (Å²) in [4.78, 5) is 34.3. The van der Waals surface area contributed by atoms with Gasteiger partial charge >= 0.3 is 11.7 Å². The molecule has 1 N–H and O–H groups in total. The van der Waals surface area contributed by atoms with E-state index < -0.39 is 16.8 Å². The maximum absolute atomic E-state index is 12.2. The molecule has 0 aliphatic heterocycles. The lowest BCUT2D eigenvalue weighted by molar-refractivity contribution is -0.385. The van der Waals surface area contributed by atoms with E-state index in [0.29, 0.717) is 17.9 Å². The molecule has 1 aromatic heterocycles. The van der Waals surface area contributed by atoms with Gasteiger partial charge in [-0.1, -0.05) is 13.3 Å². The molecule has 0 unspecified atom stereocenters. The lowest BCUT2D eigenvalue weighted by Gasteiger charge is -2.07. The molecule has 9 nitrogen and oxygen atoms in total. The summed E-state index contributed by atoms with van der Waals surface area (Å²) < 4.78 is 6.23. The highest BCUT2D eigenvalue weighted by Gasteiger charge is 2.25. The molecule has 132 valence electrons. The standard InChI is InChI=1S/C16H18N4O5/c1-3-4-9-25-16(22)11-5-7-12(8-6-11)18-15(21)14-13(20(23)24)10-17-19(14)2/h5-8,10H,3-4,9H2,1-2H3,(H,18,21). The van der Waals surface area contributed by atoms with Crippen LogP contribution in [0.4, 0.5) is 11.4 Å². The van der Waals surface area contributed by atoms with Gasteiger partial charge in [-0.05, 0) is 30.7 Å². The van der Waals surface area contributed by atoms with E-state index in [1.807, 2.05) is 6.92 Å². The maximum atomic E-state index is 12.2. The molecule has 2 rings (SSSR count). The molecule has 0 aliphatic rings. The zero-order valence-electron chi connectivity index (χ0n) is 13.9. The number of nitrogens with one attached hydrogen (secondary N) is 1. The summed E-state index contributed by atoms with van der Waals surface area (Å²) in [5.74, 6) is -1.10. The molecule has 1 amide bonds. The van der Waals surface area contributed by atoms with Crippen molar-refractivity contribution in [1.29, 1.82) is 0 Å². The van der Waals surface area contributed by atoms with E-state index in [9.17, 15) is 19.7 Å². The molecule has 0 fully saturated rings. The Morgan fingerprint density at radius 2 is 2.00 bits per heavy atom. The van der Waals surface area contributed by atoms with Crippen LogP contribution in [0.5, 0.6) is 0 Å². The van der Waals surface area contributed by atoms with Gasteiger partial charge in [-0.25, -0.2) is 4.79 Å². The highest BCUT2D eigenvalue weighted by atomic mass is 16.6. The van der Waals surface area contributed by atoms with E-state index >= 15 is 0 Å². The summed E-state index contributed by atoms with van der Waals surface area (Å²) >= 11 is 0. The number of aromatic nitrogens is 2. The van der Waals surface area contributed by atoms with Gasteiger partial charge < -0.3 is 10.1 Å². The molecule has 0 aliphatic carbocycles. The monoisotopic (exact) mass is 346 g/mol. The maximum Gasteiger partial charge on any atom is 0.338 e. The third kappa shape index (κ3) is 4.40. The molecule has 0 radical (unpaired) electrons. The highest BCUT2D eigenvalue weighted by molar-refractivity contribution is 6.05. The Morgan fingerprint density at radius 3 is 2.60 bits per heavy atom. The van der Waals surface area contributed by atoms with Crippen LogP contribution in [-0.2, 0) is 11.8 Å². The topological polar surface area (TPSA) is 116 Å². The van der Waals surface area contributed by atoms with Gasteiger partial charge in [-0.3, -0.25) is 19.6 Å². The minimum Gasteiger partial charge on any atom is -0.462 e. The largest absolute Gasteiger partial charge is 0.462 e. The summed E-state index contributed by atoms with van der Waals surface area (Å²) in [6.07, 6.45) is 2.74. The van der Waals surface area contributed by atoms with E-state index in [2.05, 4.69) is 10.4 Å². The fourth-order valence-electron chi connectivity index (χ4n) is 2.10. The highest BCUT2D eigenvalue weighted by Crippen LogP contribution is 2.19. The van der Waals surface area contributed by atoms with Gasteiger partial charge in [-0.2, -0.15) is 5.10 Å². The van der Waals surface area contributed by atoms with Crippen molar-refractivity contribution < 1.29 is 19.2 Å². The molecule has 0 bridgehead atoms. The summed E-state index contributed by atoms with van der Waals surface area (Å²) in [7, 11) is 1.44. The Kier molecular flexibility index (Phi) is 5.83. The van der Waals surface area contributed by atoms with Crippen molar-refractivity contribution in [3.05, 3.63) is 51.8 Å². The van der Waals surface area contributed by atoms with Crippen LogP contribution < -0.4 is 5.32 Å². The van der Waals surface area contributed by atoms with E-state index in [4.69, 9.17) is 4.74 Å². The second-order valence-corrected chi connectivity index (χ2v) is 5.28. The summed E-state index contributed by atoms with van der Waals surface area (Å²) in [5, 5.41) is 17.2. The number of benzene rings is 1. The van der Waals surface area contributed by atoms with Crippen LogP contribution in [0.1, 0.15) is 40.6 Å². The molecule has 1 heterocycles. The van der Waals surface area contributed by atoms with E-state index in [0.717, 1.165) is 23.7 Å². The summed E-state index contributed by atoms with van der Waals surface area (Å²) in [6, 6.07) is 6.08. The van der Waals surface area contributed by atoms with Gasteiger partial charge in [0.15, 0.2) is 0 Å². The van der Waals surface area contributed by atoms with Crippen LogP contribution >= 0.6 is 0 Å². The predicted molar refractivity (Wildman–Crippen MR) is 89.4 cm³/mol. The number of hydrogen-bond donors (Lipinski definition) is 1. The third-order valence-electron chi connectivity index (χ3n) is 3.44. The first-order valence-corrected chi connectivity index (χ1v) is 7.69. The van der Waals surface area contributed by atoms with Crippen LogP contribution in [0.25, 0.3) is 0 Å². The van der Waals surface area contributed by atoms with Gasteiger partial charge in [0.2, 0.25) is 5.69 Å². The average Bonchev–Trinajstić information content (AvgIpc) is 2.97. The van der Waals surface area contributed by atoms with Crippen molar-refractivity contribution in [3.8, 4) is 0 Å². The molecular formula is C16H18N4O5. The average molecular weight is 346 g/mol. The number of nitro groups is 1. The first-order chi connectivity index (χ1) is 11.9. The van der Waals surface area contributed by atoms with Gasteiger partial charge in [0.25, 0.3) is 5.91 Å². The molecule has 0 saturated heterocycles. The fourth-order valence-corrected chi connectivity index (χ4v) is 2.10. The number of rotatable bonds is 7. The second-order valence-electron chi connectivity index (χ2n) is 5.28. The fraction of sp³-hybridized carbons (Fsp3) is 0.312. The molecule has 2 aromatic rings. The Balaban J connectivity index is 2.06. The van der Waals surface area contributed by atoms with Crippen molar-refractivity contribution in [2.24, 2.45) is 7.05 Å². The number of hydrogen-bond acceptors (Lipinski definition) is 6. The number of ether oxygens (including phenoxy) is 1. The van der Waals surface area contributed by atoms with Crippen LogP contribution in [0, 0.1) is 10.1 Å². The van der Waals surface area contributed by atoms with Gasteiger partial charge in [0.1, 0.15) is 6.20 Å². The van der Waals surface area contributed by atoms with Crippen molar-refractivity contribution in [2.75, 3.05) is 11.9 Å². The minimum absolute atomic E-state index is 0.159. The van der Waals surface area contributed by atoms with Crippen molar-refractivity contribution in [3.63, 3.8) is 0 Å². The van der Waals surface area contributed by atoms with Crippen LogP contribution in [0.3, 0.4) is 0 Å². The van der Waals surface area contributed by atoms with Crippen molar-refractivity contribution >= 4 is 23.3 Å². The Morgan fingerprint density at radius 1 is 1.32 bits per heavy atom. The first-order valence-electron chi connectivity index (χ1n) is 7.69. The molecule has 9 heteroatoms. The number of aryl methyl sites for hydroxylation is 1. The SMILES string of the molecule is CCCCOC(=O)c1ccc(NC(=O)c2c([N+](=O)[O-])cnn2C)cc1. The summed E-state index contributed by atoms with van der Waals surface area (Å²) in [5.41, 5.74) is 0.218. The number of unbranched alkanes of at least 4 members (excludes halogenated alkanes) is 1. The quantitative estimate of drug-likeness (QED) is 0.356. The van der Waals surface area contributed by atoms with E-state index in [-0.39, 0.29) is 11.4 Å². The Labute approximate surface area is 143 Å². The first kappa shape index (κ1) is 18.1. The Hall–Kier alpha value is -3.23. The van der Waals surface area contributed by atoms with Gasteiger partial charge in [0.05, 0.1) is 17.1 Å². The lowest BCUT2D eigenvalue weighted by Crippen LogP contribution is -2.17. The van der Waals surface area contributed by atoms with E-state index in [1.54, 1.807) is 0 Å². The number of carbonyl (C=O) groups excluding carboxylic acids is 2. The number of anilines is 1. The molecule has 0 spiro atoms. The van der Waals surface area contributed by atoms with Crippen LogP contribution in [0.15, 0.2) is 30.5 Å². The molecule has 0 atom stereocenters. The predicted octanol–water partition coefficient (Wildman–Crippen LogP) is 2.54. The molecule has 25 heavy (non-hydrogen) atoms. The molecule has 1 aromatic carbocycles.